The molecule has 0 aliphatic heterocycles. The van der Waals surface area contributed by atoms with Crippen molar-refractivity contribution in [2.45, 2.75) is 32.1 Å². The Kier molecular flexibility index (Phi) is 2.21. The molecule has 2 amide bonds. The van der Waals surface area contributed by atoms with Gasteiger partial charge in [0.05, 0.1) is 0 Å². The number of benzene rings is 1. The predicted molar refractivity (Wildman–Crippen MR) is 66.8 cm³/mol. The standard InChI is InChI=1S/C12H13BrN2O/c13-10-6-2-1-3-8(6)11(15-12(14)16)9-5-4-7(9)10/h1-5H2,(H3,14,15,16). The third-order valence-electron chi connectivity index (χ3n) is 3.59. The summed E-state index contributed by atoms with van der Waals surface area (Å²) >= 11 is 3.69. The second kappa shape index (κ2) is 3.48. The van der Waals surface area contributed by atoms with Crippen LogP contribution in [0.4, 0.5) is 10.5 Å². The van der Waals surface area contributed by atoms with E-state index < -0.39 is 6.03 Å². The Morgan fingerprint density at radius 3 is 2.25 bits per heavy atom. The highest BCUT2D eigenvalue weighted by molar-refractivity contribution is 9.10. The van der Waals surface area contributed by atoms with Crippen LogP contribution in [0.1, 0.15) is 28.7 Å². The molecule has 0 atom stereocenters. The molecule has 3 nitrogen and oxygen atoms in total. The second-order valence-corrected chi connectivity index (χ2v) is 5.24. The van der Waals surface area contributed by atoms with Gasteiger partial charge in [0.1, 0.15) is 0 Å². The number of hydrogen-bond acceptors (Lipinski definition) is 1. The van der Waals surface area contributed by atoms with Crippen LogP contribution in [-0.4, -0.2) is 6.03 Å². The van der Waals surface area contributed by atoms with Crippen LogP contribution in [0.25, 0.3) is 0 Å². The monoisotopic (exact) mass is 280 g/mol. The number of amides is 2. The van der Waals surface area contributed by atoms with Crippen LogP contribution in [0, 0.1) is 0 Å². The van der Waals surface area contributed by atoms with E-state index in [4.69, 9.17) is 5.73 Å². The summed E-state index contributed by atoms with van der Waals surface area (Å²) in [5, 5.41) is 2.81. The van der Waals surface area contributed by atoms with Crippen LogP contribution in [0.2, 0.25) is 0 Å². The van der Waals surface area contributed by atoms with Crippen molar-refractivity contribution in [1.82, 2.24) is 0 Å². The number of nitrogens with one attached hydrogen (secondary N) is 1. The molecule has 0 unspecified atom stereocenters. The van der Waals surface area contributed by atoms with Crippen molar-refractivity contribution in [1.29, 1.82) is 0 Å². The van der Waals surface area contributed by atoms with Crippen molar-refractivity contribution in [2.75, 3.05) is 5.32 Å². The second-order valence-electron chi connectivity index (χ2n) is 4.45. The molecular weight excluding hydrogens is 268 g/mol. The Hall–Kier alpha value is -1.03. The number of anilines is 1. The van der Waals surface area contributed by atoms with E-state index in [1.54, 1.807) is 0 Å². The van der Waals surface area contributed by atoms with Gasteiger partial charge < -0.3 is 11.1 Å². The van der Waals surface area contributed by atoms with Gasteiger partial charge in [-0.2, -0.15) is 0 Å². The van der Waals surface area contributed by atoms with E-state index >= 15 is 0 Å². The maximum atomic E-state index is 11.0. The van der Waals surface area contributed by atoms with Gasteiger partial charge in [0, 0.05) is 10.2 Å². The maximum absolute atomic E-state index is 11.0. The zero-order valence-corrected chi connectivity index (χ0v) is 10.5. The molecule has 3 rings (SSSR count). The Bertz CT molecular complexity index is 497. The number of nitrogens with two attached hydrogens (primary N) is 1. The first-order valence-corrected chi connectivity index (χ1v) is 6.39. The first kappa shape index (κ1) is 10.1. The van der Waals surface area contributed by atoms with Gasteiger partial charge in [0.15, 0.2) is 0 Å². The summed E-state index contributed by atoms with van der Waals surface area (Å²) < 4.78 is 1.27. The number of hydrogen-bond donors (Lipinski definition) is 2. The van der Waals surface area contributed by atoms with Gasteiger partial charge >= 0.3 is 6.03 Å². The minimum absolute atomic E-state index is 0.453. The smallest absolute Gasteiger partial charge is 0.316 e. The van der Waals surface area contributed by atoms with E-state index in [2.05, 4.69) is 21.2 Å². The largest absolute Gasteiger partial charge is 0.351 e. The number of rotatable bonds is 1. The third kappa shape index (κ3) is 1.29. The number of carbonyl (C=O) groups is 1. The summed E-state index contributed by atoms with van der Waals surface area (Å²) in [6.45, 7) is 0. The van der Waals surface area contributed by atoms with Gasteiger partial charge in [-0.05, 0) is 54.4 Å². The summed E-state index contributed by atoms with van der Waals surface area (Å²) in [5.41, 5.74) is 11.6. The quantitative estimate of drug-likeness (QED) is 0.816. The highest BCUT2D eigenvalue weighted by Gasteiger charge is 2.29. The van der Waals surface area contributed by atoms with Crippen LogP contribution in [0.15, 0.2) is 4.47 Å². The SMILES string of the molecule is NC(=O)Nc1c2c(c(Br)c3c1CC3)CCC2. The number of urea groups is 1. The number of carbonyl (C=O) groups excluding carboxylic acids is 1. The molecule has 2 aliphatic carbocycles. The number of halogens is 1. The summed E-state index contributed by atoms with van der Waals surface area (Å²) in [7, 11) is 0. The van der Waals surface area contributed by atoms with Crippen LogP contribution < -0.4 is 11.1 Å². The van der Waals surface area contributed by atoms with Crippen LogP contribution in [0.5, 0.6) is 0 Å². The molecule has 0 fully saturated rings. The van der Waals surface area contributed by atoms with E-state index in [0.717, 1.165) is 31.4 Å². The summed E-state index contributed by atoms with van der Waals surface area (Å²) in [5.74, 6) is 0. The molecule has 0 aromatic heterocycles. The molecule has 0 radical (unpaired) electrons. The molecule has 1 aromatic rings. The molecule has 4 heteroatoms. The molecule has 0 saturated heterocycles. The number of primary amides is 1. The summed E-state index contributed by atoms with van der Waals surface area (Å²) in [6.07, 6.45) is 5.49. The lowest BCUT2D eigenvalue weighted by Crippen LogP contribution is -2.24. The van der Waals surface area contributed by atoms with E-state index in [9.17, 15) is 4.79 Å². The molecule has 1 aromatic carbocycles. The van der Waals surface area contributed by atoms with E-state index in [1.165, 1.54) is 33.1 Å². The molecule has 0 saturated carbocycles. The van der Waals surface area contributed by atoms with Crippen molar-refractivity contribution < 1.29 is 4.79 Å². The van der Waals surface area contributed by atoms with Gasteiger partial charge in [0.2, 0.25) is 0 Å². The Balaban J connectivity index is 2.20. The average Bonchev–Trinajstić information content (AvgIpc) is 2.60. The lowest BCUT2D eigenvalue weighted by Gasteiger charge is -2.27. The summed E-state index contributed by atoms with van der Waals surface area (Å²) in [4.78, 5) is 11.0. The molecule has 0 spiro atoms. The highest BCUT2D eigenvalue weighted by Crippen LogP contribution is 2.45. The lowest BCUT2D eigenvalue weighted by molar-refractivity contribution is 0.259. The van der Waals surface area contributed by atoms with Crippen molar-refractivity contribution in [3.8, 4) is 0 Å². The van der Waals surface area contributed by atoms with Crippen molar-refractivity contribution in [2.24, 2.45) is 5.73 Å². The van der Waals surface area contributed by atoms with Gasteiger partial charge in [0.25, 0.3) is 0 Å². The minimum atomic E-state index is -0.453. The molecule has 3 N–H and O–H groups in total. The highest BCUT2D eigenvalue weighted by atomic mass is 79.9. The fraction of sp³-hybridized carbons (Fsp3) is 0.417. The maximum Gasteiger partial charge on any atom is 0.316 e. The first-order valence-electron chi connectivity index (χ1n) is 5.60. The van der Waals surface area contributed by atoms with E-state index in [0.29, 0.717) is 0 Å². The van der Waals surface area contributed by atoms with Gasteiger partial charge in [-0.25, -0.2) is 4.79 Å². The van der Waals surface area contributed by atoms with Crippen molar-refractivity contribution in [3.63, 3.8) is 0 Å². The molecule has 2 aliphatic rings. The molecule has 16 heavy (non-hydrogen) atoms. The number of fused-ring (bicyclic) bond motifs is 2. The molecule has 84 valence electrons. The first-order chi connectivity index (χ1) is 7.68. The van der Waals surface area contributed by atoms with Crippen molar-refractivity contribution in [3.05, 3.63) is 26.7 Å². The zero-order valence-electron chi connectivity index (χ0n) is 8.90. The Morgan fingerprint density at radius 2 is 1.62 bits per heavy atom. The van der Waals surface area contributed by atoms with E-state index in [1.807, 2.05) is 0 Å². The fourth-order valence-corrected chi connectivity index (χ4v) is 3.67. The normalized spacial score (nSPS) is 16.3. The van der Waals surface area contributed by atoms with Gasteiger partial charge in [-0.15, -0.1) is 0 Å². The Morgan fingerprint density at radius 1 is 1.06 bits per heavy atom. The summed E-state index contributed by atoms with van der Waals surface area (Å²) in [6, 6.07) is -0.453. The molecule has 0 heterocycles. The van der Waals surface area contributed by atoms with Crippen molar-refractivity contribution >= 4 is 27.6 Å². The molecule has 0 bridgehead atoms. The van der Waals surface area contributed by atoms with E-state index in [-0.39, 0.29) is 0 Å². The van der Waals surface area contributed by atoms with Crippen LogP contribution in [-0.2, 0) is 25.7 Å². The Labute approximate surface area is 103 Å². The minimum Gasteiger partial charge on any atom is -0.351 e. The van der Waals surface area contributed by atoms with Crippen LogP contribution in [0.3, 0.4) is 0 Å². The van der Waals surface area contributed by atoms with Gasteiger partial charge in [-0.1, -0.05) is 15.9 Å². The average molecular weight is 281 g/mol. The molecular formula is C12H13BrN2O. The predicted octanol–water partition coefficient (Wildman–Crippen LogP) is 2.53. The third-order valence-corrected chi connectivity index (χ3v) is 4.55. The zero-order chi connectivity index (χ0) is 11.3. The van der Waals surface area contributed by atoms with Gasteiger partial charge in [-0.3, -0.25) is 0 Å². The van der Waals surface area contributed by atoms with Crippen LogP contribution >= 0.6 is 15.9 Å². The fourth-order valence-electron chi connectivity index (χ4n) is 2.79. The lowest BCUT2D eigenvalue weighted by atomic mass is 9.83. The topological polar surface area (TPSA) is 55.1 Å².